The number of benzene rings is 1. The van der Waals surface area contributed by atoms with E-state index in [-0.39, 0.29) is 0 Å². The summed E-state index contributed by atoms with van der Waals surface area (Å²) in [4.78, 5) is 2.47. The first-order chi connectivity index (χ1) is 8.61. The van der Waals surface area contributed by atoms with Crippen LogP contribution >= 0.6 is 23.4 Å². The number of halogens is 1. The van der Waals surface area contributed by atoms with Crippen molar-refractivity contribution >= 4 is 23.4 Å². The van der Waals surface area contributed by atoms with Crippen molar-refractivity contribution in [1.29, 1.82) is 5.26 Å². The normalized spacial score (nSPS) is 24.8. The molecule has 18 heavy (non-hydrogen) atoms. The maximum atomic E-state index is 8.83. The molecule has 2 rings (SSSR count). The molecule has 96 valence electrons. The number of hydrogen-bond acceptors (Lipinski definition) is 3. The van der Waals surface area contributed by atoms with Crippen LogP contribution in [0.25, 0.3) is 0 Å². The van der Waals surface area contributed by atoms with Crippen LogP contribution in [0, 0.1) is 11.3 Å². The highest BCUT2D eigenvalue weighted by atomic mass is 35.5. The monoisotopic (exact) mass is 280 g/mol. The highest BCUT2D eigenvalue weighted by Gasteiger charge is 2.25. The predicted molar refractivity (Wildman–Crippen MR) is 78.0 cm³/mol. The van der Waals surface area contributed by atoms with Gasteiger partial charge in [0.1, 0.15) is 0 Å². The molecular weight excluding hydrogens is 264 g/mol. The molecule has 0 aliphatic carbocycles. The largest absolute Gasteiger partial charge is 0.294 e. The summed E-state index contributed by atoms with van der Waals surface area (Å²) in [6, 6.07) is 8.25. The first-order valence-corrected chi connectivity index (χ1v) is 7.58. The molecule has 0 bridgehead atoms. The molecule has 1 aliphatic heterocycles. The summed E-state index contributed by atoms with van der Waals surface area (Å²) in [7, 11) is 0. The van der Waals surface area contributed by atoms with E-state index in [4.69, 9.17) is 16.9 Å². The average Bonchev–Trinajstić information content (AvgIpc) is 2.37. The molecule has 0 amide bonds. The van der Waals surface area contributed by atoms with E-state index in [0.717, 1.165) is 18.7 Å². The van der Waals surface area contributed by atoms with Gasteiger partial charge in [0.2, 0.25) is 0 Å². The molecule has 4 heteroatoms. The zero-order chi connectivity index (χ0) is 13.1. The zero-order valence-corrected chi connectivity index (χ0v) is 12.3. The average molecular weight is 281 g/mol. The first kappa shape index (κ1) is 13.7. The topological polar surface area (TPSA) is 27.0 Å². The van der Waals surface area contributed by atoms with Gasteiger partial charge in [0.15, 0.2) is 0 Å². The third kappa shape index (κ3) is 3.00. The van der Waals surface area contributed by atoms with Crippen molar-refractivity contribution in [3.05, 3.63) is 34.3 Å². The Bertz CT molecular complexity index is 469. The van der Waals surface area contributed by atoms with Crippen LogP contribution in [0.5, 0.6) is 0 Å². The van der Waals surface area contributed by atoms with Gasteiger partial charge in [-0.3, -0.25) is 4.90 Å². The van der Waals surface area contributed by atoms with Gasteiger partial charge in [0, 0.05) is 35.2 Å². The fourth-order valence-corrected chi connectivity index (χ4v) is 3.59. The lowest BCUT2D eigenvalue weighted by molar-refractivity contribution is 0.204. The molecule has 0 saturated carbocycles. The highest BCUT2D eigenvalue weighted by molar-refractivity contribution is 8.00. The molecule has 2 atom stereocenters. The van der Waals surface area contributed by atoms with Gasteiger partial charge in [-0.25, -0.2) is 0 Å². The van der Waals surface area contributed by atoms with E-state index in [1.807, 2.05) is 23.9 Å². The molecular formula is C14H17ClN2S. The summed E-state index contributed by atoms with van der Waals surface area (Å²) in [5.74, 6) is 1.18. The smallest absolute Gasteiger partial charge is 0.0992 e. The number of nitrogens with zero attached hydrogens (tertiary/aromatic N) is 2. The number of thioether (sulfide) groups is 1. The molecule has 0 aromatic heterocycles. The van der Waals surface area contributed by atoms with E-state index in [1.165, 1.54) is 5.75 Å². The van der Waals surface area contributed by atoms with E-state index in [2.05, 4.69) is 24.8 Å². The minimum absolute atomic E-state index is 0.565. The predicted octanol–water partition coefficient (Wildman–Crippen LogP) is 3.54. The molecule has 2 nitrogen and oxygen atoms in total. The van der Waals surface area contributed by atoms with Crippen LogP contribution in [-0.4, -0.2) is 28.5 Å². The molecule has 2 unspecified atom stereocenters. The van der Waals surface area contributed by atoms with Crippen LogP contribution < -0.4 is 0 Å². The summed E-state index contributed by atoms with van der Waals surface area (Å²) in [5, 5.41) is 10.2. The summed E-state index contributed by atoms with van der Waals surface area (Å²) in [6.07, 6.45) is 0. The Balaban J connectivity index is 2.12. The summed E-state index contributed by atoms with van der Waals surface area (Å²) < 4.78 is 0. The Morgan fingerprint density at radius 3 is 2.94 bits per heavy atom. The second-order valence-corrected chi connectivity index (χ2v) is 6.60. The van der Waals surface area contributed by atoms with Gasteiger partial charge in [-0.2, -0.15) is 17.0 Å². The van der Waals surface area contributed by atoms with Crippen molar-refractivity contribution in [3.63, 3.8) is 0 Å². The lowest BCUT2D eigenvalue weighted by Crippen LogP contribution is -2.43. The van der Waals surface area contributed by atoms with E-state index in [1.54, 1.807) is 6.07 Å². The standard InChI is InChI=1S/C14H17ClN2S/c1-10-11(2)18-6-5-17(10)9-13-4-3-12(8-16)7-14(13)15/h3-4,7,10-11H,5-6,9H2,1-2H3. The molecule has 1 heterocycles. The van der Waals surface area contributed by atoms with Gasteiger partial charge in [0.05, 0.1) is 11.6 Å². The van der Waals surface area contributed by atoms with Crippen LogP contribution in [-0.2, 0) is 6.54 Å². The van der Waals surface area contributed by atoms with Crippen molar-refractivity contribution in [2.24, 2.45) is 0 Å². The van der Waals surface area contributed by atoms with E-state index >= 15 is 0 Å². The lowest BCUT2D eigenvalue weighted by atomic mass is 10.1. The molecule has 0 radical (unpaired) electrons. The molecule has 1 saturated heterocycles. The van der Waals surface area contributed by atoms with Crippen LogP contribution in [0.15, 0.2) is 18.2 Å². The third-order valence-corrected chi connectivity index (χ3v) is 5.26. The van der Waals surface area contributed by atoms with E-state index in [9.17, 15) is 0 Å². The Hall–Kier alpha value is -0.690. The fraction of sp³-hybridized carbons (Fsp3) is 0.500. The van der Waals surface area contributed by atoms with Gasteiger partial charge in [-0.15, -0.1) is 0 Å². The third-order valence-electron chi connectivity index (χ3n) is 3.57. The summed E-state index contributed by atoms with van der Waals surface area (Å²) in [5.41, 5.74) is 1.74. The highest BCUT2D eigenvalue weighted by Crippen LogP contribution is 2.27. The van der Waals surface area contributed by atoms with Crippen LogP contribution in [0.4, 0.5) is 0 Å². The fourth-order valence-electron chi connectivity index (χ4n) is 2.18. The first-order valence-electron chi connectivity index (χ1n) is 6.16. The molecule has 1 fully saturated rings. The SMILES string of the molecule is CC1SCCN(Cc2ccc(C#N)cc2Cl)C1C. The molecule has 0 N–H and O–H groups in total. The van der Waals surface area contributed by atoms with E-state index in [0.29, 0.717) is 21.9 Å². The van der Waals surface area contributed by atoms with Crippen molar-refractivity contribution < 1.29 is 0 Å². The van der Waals surface area contributed by atoms with Gasteiger partial charge in [-0.1, -0.05) is 24.6 Å². The van der Waals surface area contributed by atoms with Crippen LogP contribution in [0.1, 0.15) is 25.0 Å². The Kier molecular flexibility index (Phi) is 4.55. The van der Waals surface area contributed by atoms with Gasteiger partial charge in [-0.05, 0) is 24.6 Å². The number of hydrogen-bond donors (Lipinski definition) is 0. The van der Waals surface area contributed by atoms with Crippen LogP contribution in [0.3, 0.4) is 0 Å². The Labute approximate surface area is 118 Å². The maximum absolute atomic E-state index is 8.83. The minimum Gasteiger partial charge on any atom is -0.294 e. The quantitative estimate of drug-likeness (QED) is 0.829. The van der Waals surface area contributed by atoms with Crippen molar-refractivity contribution in [1.82, 2.24) is 4.90 Å². The van der Waals surface area contributed by atoms with Gasteiger partial charge < -0.3 is 0 Å². The van der Waals surface area contributed by atoms with Gasteiger partial charge >= 0.3 is 0 Å². The summed E-state index contributed by atoms with van der Waals surface area (Å²) in [6.45, 7) is 6.53. The molecule has 1 aromatic carbocycles. The molecule has 1 aromatic rings. The van der Waals surface area contributed by atoms with Crippen molar-refractivity contribution in [2.75, 3.05) is 12.3 Å². The van der Waals surface area contributed by atoms with E-state index < -0.39 is 0 Å². The molecule has 0 spiro atoms. The number of nitriles is 1. The van der Waals surface area contributed by atoms with Gasteiger partial charge in [0.25, 0.3) is 0 Å². The van der Waals surface area contributed by atoms with Crippen molar-refractivity contribution in [2.45, 2.75) is 31.7 Å². The number of rotatable bonds is 2. The Morgan fingerprint density at radius 2 is 2.28 bits per heavy atom. The minimum atomic E-state index is 0.565. The second kappa shape index (κ2) is 5.97. The maximum Gasteiger partial charge on any atom is 0.0992 e. The lowest BCUT2D eigenvalue weighted by Gasteiger charge is -2.37. The Morgan fingerprint density at radius 1 is 1.50 bits per heavy atom. The van der Waals surface area contributed by atoms with Crippen molar-refractivity contribution in [3.8, 4) is 6.07 Å². The molecule has 1 aliphatic rings. The second-order valence-electron chi connectivity index (χ2n) is 4.70. The van der Waals surface area contributed by atoms with Crippen LogP contribution in [0.2, 0.25) is 5.02 Å². The summed E-state index contributed by atoms with van der Waals surface area (Å²) >= 11 is 8.26. The zero-order valence-electron chi connectivity index (χ0n) is 10.7.